The molecule has 1 saturated carbocycles. The van der Waals surface area contributed by atoms with Crippen molar-refractivity contribution in [3.05, 3.63) is 53.9 Å². The highest BCUT2D eigenvalue weighted by atomic mass is 32.2. The molecular weight excluding hydrogens is 326 g/mol. The number of rotatable bonds is 7. The van der Waals surface area contributed by atoms with Crippen molar-refractivity contribution in [3.63, 3.8) is 0 Å². The highest BCUT2D eigenvalue weighted by Gasteiger charge is 2.31. The van der Waals surface area contributed by atoms with Crippen molar-refractivity contribution >= 4 is 17.0 Å². The van der Waals surface area contributed by atoms with Gasteiger partial charge in [-0.2, -0.15) is 0 Å². The van der Waals surface area contributed by atoms with Gasteiger partial charge in [0.25, 0.3) is 11.3 Å². The number of nitrogens with zero attached hydrogens (tertiary/aromatic N) is 2. The SMILES string of the molecule is COc1ccc(CCN(c2c[n+](N)ccc2C2CC2)S(=O)O)cc1. The van der Waals surface area contributed by atoms with Crippen molar-refractivity contribution < 1.29 is 18.2 Å². The van der Waals surface area contributed by atoms with Crippen LogP contribution in [-0.2, 0) is 17.7 Å². The number of hydrogen-bond donors (Lipinski definition) is 2. The fraction of sp³-hybridized carbons (Fsp3) is 0.353. The molecule has 1 fully saturated rings. The van der Waals surface area contributed by atoms with E-state index >= 15 is 0 Å². The van der Waals surface area contributed by atoms with Crippen LogP contribution in [0.2, 0.25) is 0 Å². The number of benzene rings is 1. The van der Waals surface area contributed by atoms with Gasteiger partial charge in [-0.25, -0.2) is 10.1 Å². The molecule has 1 atom stereocenters. The molecule has 0 radical (unpaired) electrons. The molecule has 3 N–H and O–H groups in total. The van der Waals surface area contributed by atoms with Crippen LogP contribution in [0.4, 0.5) is 5.69 Å². The zero-order valence-electron chi connectivity index (χ0n) is 13.6. The number of hydrogen-bond acceptors (Lipinski definition) is 3. The lowest BCUT2D eigenvalue weighted by molar-refractivity contribution is -0.638. The van der Waals surface area contributed by atoms with E-state index in [1.165, 1.54) is 8.98 Å². The molecule has 1 aromatic heterocycles. The van der Waals surface area contributed by atoms with Crippen molar-refractivity contribution in [1.82, 2.24) is 0 Å². The second-order valence-electron chi connectivity index (χ2n) is 5.94. The minimum atomic E-state index is -2.10. The molecule has 3 rings (SSSR count). The predicted octanol–water partition coefficient (Wildman–Crippen LogP) is 1.76. The first-order valence-corrected chi connectivity index (χ1v) is 8.96. The van der Waals surface area contributed by atoms with E-state index in [1.54, 1.807) is 19.5 Å². The van der Waals surface area contributed by atoms with E-state index in [9.17, 15) is 8.76 Å². The topological polar surface area (TPSA) is 79.7 Å². The summed E-state index contributed by atoms with van der Waals surface area (Å²) in [5.74, 6) is 7.08. The number of methoxy groups -OCH3 is 1. The maximum absolute atomic E-state index is 11.9. The third-order valence-electron chi connectivity index (χ3n) is 4.23. The lowest BCUT2D eigenvalue weighted by atomic mass is 10.1. The molecule has 24 heavy (non-hydrogen) atoms. The van der Waals surface area contributed by atoms with E-state index in [4.69, 9.17) is 10.6 Å². The summed E-state index contributed by atoms with van der Waals surface area (Å²) in [6.07, 6.45) is 6.38. The Labute approximate surface area is 144 Å². The minimum Gasteiger partial charge on any atom is -0.497 e. The summed E-state index contributed by atoms with van der Waals surface area (Å²) in [6, 6.07) is 9.66. The Balaban J connectivity index is 1.79. The van der Waals surface area contributed by atoms with Crippen molar-refractivity contribution in [2.45, 2.75) is 25.2 Å². The summed E-state index contributed by atoms with van der Waals surface area (Å²) in [4.78, 5) is 0. The van der Waals surface area contributed by atoms with E-state index in [-0.39, 0.29) is 0 Å². The van der Waals surface area contributed by atoms with Gasteiger partial charge in [-0.05, 0) is 48.4 Å². The number of pyridine rings is 1. The van der Waals surface area contributed by atoms with Crippen LogP contribution < -0.4 is 19.6 Å². The third kappa shape index (κ3) is 3.85. The smallest absolute Gasteiger partial charge is 0.262 e. The molecule has 0 amide bonds. The molecule has 1 aliphatic rings. The Morgan fingerprint density at radius 1 is 1.33 bits per heavy atom. The van der Waals surface area contributed by atoms with Crippen LogP contribution in [0.5, 0.6) is 5.75 Å². The van der Waals surface area contributed by atoms with E-state index in [2.05, 4.69) is 0 Å². The highest BCUT2D eigenvalue weighted by molar-refractivity contribution is 7.80. The summed E-state index contributed by atoms with van der Waals surface area (Å²) in [6.45, 7) is 0.430. The van der Waals surface area contributed by atoms with Gasteiger partial charge in [0.05, 0.1) is 7.11 Å². The predicted molar refractivity (Wildman–Crippen MR) is 93.6 cm³/mol. The van der Waals surface area contributed by atoms with Crippen LogP contribution in [-0.4, -0.2) is 22.4 Å². The van der Waals surface area contributed by atoms with Crippen LogP contribution in [0.25, 0.3) is 0 Å². The quantitative estimate of drug-likeness (QED) is 0.454. The highest BCUT2D eigenvalue weighted by Crippen LogP contribution is 2.44. The van der Waals surface area contributed by atoms with Crippen molar-refractivity contribution in [2.24, 2.45) is 0 Å². The first-order chi connectivity index (χ1) is 11.6. The average Bonchev–Trinajstić information content (AvgIpc) is 3.40. The molecule has 7 heteroatoms. The molecule has 6 nitrogen and oxygen atoms in total. The molecule has 0 spiro atoms. The molecule has 128 valence electrons. The lowest BCUT2D eigenvalue weighted by Gasteiger charge is -2.21. The minimum absolute atomic E-state index is 0.430. The number of ether oxygens (including phenoxy) is 1. The van der Waals surface area contributed by atoms with Crippen LogP contribution in [0.15, 0.2) is 42.7 Å². The van der Waals surface area contributed by atoms with Gasteiger partial charge in [0.15, 0.2) is 6.20 Å². The maximum Gasteiger partial charge on any atom is 0.262 e. The van der Waals surface area contributed by atoms with Gasteiger partial charge in [0.2, 0.25) is 6.20 Å². The average molecular weight is 348 g/mol. The van der Waals surface area contributed by atoms with Gasteiger partial charge in [-0.3, -0.25) is 8.86 Å². The molecule has 1 unspecified atom stereocenters. The Bertz CT molecular complexity index is 732. The largest absolute Gasteiger partial charge is 0.497 e. The maximum atomic E-state index is 11.9. The van der Waals surface area contributed by atoms with E-state index < -0.39 is 11.3 Å². The Morgan fingerprint density at radius 2 is 2.04 bits per heavy atom. The van der Waals surface area contributed by atoms with Crippen LogP contribution in [0, 0.1) is 0 Å². The van der Waals surface area contributed by atoms with Crippen LogP contribution in [0.1, 0.15) is 29.9 Å². The summed E-state index contributed by atoms with van der Waals surface area (Å²) in [5, 5.41) is 0. The van der Waals surface area contributed by atoms with Crippen molar-refractivity contribution in [2.75, 3.05) is 23.8 Å². The normalized spacial score (nSPS) is 15.1. The van der Waals surface area contributed by atoms with E-state index in [0.29, 0.717) is 18.9 Å². The number of anilines is 1. The first-order valence-electron chi connectivity index (χ1n) is 7.90. The number of aromatic nitrogens is 1. The van der Waals surface area contributed by atoms with Crippen molar-refractivity contribution in [3.8, 4) is 5.75 Å². The molecule has 0 aliphatic heterocycles. The molecule has 0 saturated heterocycles. The summed E-state index contributed by atoms with van der Waals surface area (Å²) in [7, 11) is 1.63. The number of nitrogens with two attached hydrogens (primary N) is 1. The summed E-state index contributed by atoms with van der Waals surface area (Å²) in [5.41, 5.74) is 2.90. The van der Waals surface area contributed by atoms with Gasteiger partial charge >= 0.3 is 0 Å². The van der Waals surface area contributed by atoms with E-state index in [0.717, 1.165) is 35.4 Å². The van der Waals surface area contributed by atoms with Crippen LogP contribution >= 0.6 is 0 Å². The monoisotopic (exact) mass is 348 g/mol. The molecule has 2 aromatic rings. The van der Waals surface area contributed by atoms with Crippen molar-refractivity contribution in [1.29, 1.82) is 0 Å². The first kappa shape index (κ1) is 16.7. The Kier molecular flexibility index (Phi) is 5.01. The zero-order valence-corrected chi connectivity index (χ0v) is 14.4. The van der Waals surface area contributed by atoms with Gasteiger partial charge in [0.1, 0.15) is 11.4 Å². The second kappa shape index (κ2) is 7.19. The third-order valence-corrected chi connectivity index (χ3v) is 4.99. The summed E-state index contributed by atoms with van der Waals surface area (Å²) >= 11 is -2.10. The van der Waals surface area contributed by atoms with E-state index in [1.807, 2.05) is 30.3 Å². The van der Waals surface area contributed by atoms with Gasteiger partial charge in [-0.15, -0.1) is 0 Å². The number of nitrogen functional groups attached to an aromatic ring is 1. The van der Waals surface area contributed by atoms with Gasteiger partial charge in [-0.1, -0.05) is 16.8 Å². The van der Waals surface area contributed by atoms with Gasteiger partial charge < -0.3 is 4.74 Å². The fourth-order valence-electron chi connectivity index (χ4n) is 2.76. The molecule has 1 aliphatic carbocycles. The molecule has 1 heterocycles. The Hall–Kier alpha value is -2.12. The fourth-order valence-corrected chi connectivity index (χ4v) is 3.33. The zero-order chi connectivity index (χ0) is 17.1. The molecule has 1 aromatic carbocycles. The standard InChI is InChI=1S/C17H21N3O3S/c1-23-15-6-2-13(3-7-15)8-11-20(24(21)22)17-12-19(18)10-9-16(17)14-4-5-14/h2-3,6-7,9-10,12,14H,4-5,8,11,18H2,1H3/p+1. The Morgan fingerprint density at radius 3 is 2.62 bits per heavy atom. The molecular formula is C17H22N3O3S+. The summed E-state index contributed by atoms with van der Waals surface area (Å²) < 4.78 is 29.7. The lowest BCUT2D eigenvalue weighted by Crippen LogP contribution is -2.45. The molecule has 0 bridgehead atoms. The van der Waals surface area contributed by atoms with Gasteiger partial charge in [0, 0.05) is 12.6 Å². The van der Waals surface area contributed by atoms with Crippen LogP contribution in [0.3, 0.4) is 0 Å². The second-order valence-corrected chi connectivity index (χ2v) is 6.84.